The Morgan fingerprint density at radius 2 is 2.36 bits per heavy atom. The SMILES string of the molecule is CC1(c2cccc(Br)c2)COC[C@@H]1O. The molecule has 0 bridgehead atoms. The molecular formula is C11H13BrO2. The van der Waals surface area contributed by atoms with E-state index in [1.807, 2.05) is 31.2 Å². The Bertz CT molecular complexity index is 340. The summed E-state index contributed by atoms with van der Waals surface area (Å²) in [5.41, 5.74) is 0.862. The third-order valence-electron chi connectivity index (χ3n) is 2.90. The summed E-state index contributed by atoms with van der Waals surface area (Å²) < 4.78 is 6.34. The highest BCUT2D eigenvalue weighted by Crippen LogP contribution is 2.33. The molecule has 0 radical (unpaired) electrons. The molecule has 1 N–H and O–H groups in total. The quantitative estimate of drug-likeness (QED) is 0.834. The van der Waals surface area contributed by atoms with E-state index in [1.165, 1.54) is 0 Å². The van der Waals surface area contributed by atoms with Crippen molar-refractivity contribution in [3.63, 3.8) is 0 Å². The maximum absolute atomic E-state index is 9.85. The lowest BCUT2D eigenvalue weighted by atomic mass is 9.80. The highest BCUT2D eigenvalue weighted by atomic mass is 79.9. The number of aliphatic hydroxyl groups is 1. The van der Waals surface area contributed by atoms with Crippen LogP contribution in [0.15, 0.2) is 28.7 Å². The second kappa shape index (κ2) is 3.65. The molecule has 1 saturated heterocycles. The standard InChI is InChI=1S/C11H13BrO2/c1-11(7-14-6-10(11)13)8-3-2-4-9(12)5-8/h2-5,10,13H,6-7H2,1H3/t10-,11?/m0/s1. The molecular weight excluding hydrogens is 244 g/mol. The van der Waals surface area contributed by atoms with E-state index in [0.717, 1.165) is 10.0 Å². The summed E-state index contributed by atoms with van der Waals surface area (Å²) in [6, 6.07) is 8.03. The molecule has 0 spiro atoms. The molecule has 0 saturated carbocycles. The van der Waals surface area contributed by atoms with E-state index in [4.69, 9.17) is 4.74 Å². The van der Waals surface area contributed by atoms with Gasteiger partial charge in [-0.2, -0.15) is 0 Å². The Kier molecular flexibility index (Phi) is 2.64. The molecule has 14 heavy (non-hydrogen) atoms. The van der Waals surface area contributed by atoms with E-state index in [1.54, 1.807) is 0 Å². The first-order chi connectivity index (χ1) is 6.63. The van der Waals surface area contributed by atoms with Crippen molar-refractivity contribution in [1.29, 1.82) is 0 Å². The minimum atomic E-state index is -0.406. The summed E-state index contributed by atoms with van der Waals surface area (Å²) >= 11 is 3.43. The van der Waals surface area contributed by atoms with Crippen molar-refractivity contribution >= 4 is 15.9 Å². The third-order valence-corrected chi connectivity index (χ3v) is 3.39. The molecule has 0 aromatic heterocycles. The zero-order valence-electron chi connectivity index (χ0n) is 8.03. The average Bonchev–Trinajstić information content (AvgIpc) is 2.49. The van der Waals surface area contributed by atoms with E-state index in [0.29, 0.717) is 13.2 Å². The molecule has 2 rings (SSSR count). The molecule has 2 atom stereocenters. The van der Waals surface area contributed by atoms with Gasteiger partial charge in [0.25, 0.3) is 0 Å². The summed E-state index contributed by atoms with van der Waals surface area (Å²) in [6.45, 7) is 3.06. The second-order valence-corrected chi connectivity index (χ2v) is 4.87. The lowest BCUT2D eigenvalue weighted by Crippen LogP contribution is -2.35. The van der Waals surface area contributed by atoms with Crippen LogP contribution >= 0.6 is 15.9 Å². The number of ether oxygens (including phenoxy) is 1. The molecule has 1 aliphatic rings. The Hall–Kier alpha value is -0.380. The largest absolute Gasteiger partial charge is 0.390 e. The first-order valence-corrected chi connectivity index (χ1v) is 5.44. The van der Waals surface area contributed by atoms with E-state index >= 15 is 0 Å². The van der Waals surface area contributed by atoms with Gasteiger partial charge in [-0.25, -0.2) is 0 Å². The number of rotatable bonds is 1. The van der Waals surface area contributed by atoms with Gasteiger partial charge in [-0.1, -0.05) is 35.0 Å². The predicted molar refractivity (Wildman–Crippen MR) is 58.3 cm³/mol. The van der Waals surface area contributed by atoms with Gasteiger partial charge in [-0.15, -0.1) is 0 Å². The van der Waals surface area contributed by atoms with Crippen molar-refractivity contribution < 1.29 is 9.84 Å². The molecule has 76 valence electrons. The number of hydrogen-bond donors (Lipinski definition) is 1. The van der Waals surface area contributed by atoms with Crippen molar-refractivity contribution in [1.82, 2.24) is 0 Å². The molecule has 1 aromatic rings. The molecule has 2 nitrogen and oxygen atoms in total. The van der Waals surface area contributed by atoms with Crippen LogP contribution in [-0.2, 0) is 10.2 Å². The molecule has 1 heterocycles. The van der Waals surface area contributed by atoms with Gasteiger partial charge in [-0.3, -0.25) is 0 Å². The molecule has 3 heteroatoms. The summed E-state index contributed by atoms with van der Waals surface area (Å²) in [4.78, 5) is 0. The van der Waals surface area contributed by atoms with Crippen LogP contribution in [0.5, 0.6) is 0 Å². The van der Waals surface area contributed by atoms with Crippen LogP contribution < -0.4 is 0 Å². The first kappa shape index (κ1) is 10.1. The zero-order valence-corrected chi connectivity index (χ0v) is 9.62. The average molecular weight is 257 g/mol. The maximum atomic E-state index is 9.85. The Balaban J connectivity index is 2.38. The van der Waals surface area contributed by atoms with Crippen LogP contribution in [0.2, 0.25) is 0 Å². The van der Waals surface area contributed by atoms with Gasteiger partial charge in [0.1, 0.15) is 0 Å². The molecule has 1 aromatic carbocycles. The van der Waals surface area contributed by atoms with E-state index in [-0.39, 0.29) is 5.41 Å². The Labute approximate surface area is 92.0 Å². The van der Waals surface area contributed by atoms with Gasteiger partial charge in [0.15, 0.2) is 0 Å². The summed E-state index contributed by atoms with van der Waals surface area (Å²) in [5, 5.41) is 9.85. The van der Waals surface area contributed by atoms with Crippen molar-refractivity contribution in [3.8, 4) is 0 Å². The fourth-order valence-corrected chi connectivity index (χ4v) is 2.18. The number of benzene rings is 1. The van der Waals surface area contributed by atoms with Gasteiger partial charge in [0.05, 0.1) is 19.3 Å². The predicted octanol–water partition coefficient (Wildman–Crippen LogP) is 2.10. The van der Waals surface area contributed by atoms with Crippen LogP contribution in [0.4, 0.5) is 0 Å². The summed E-state index contributed by atoms with van der Waals surface area (Å²) in [7, 11) is 0. The van der Waals surface area contributed by atoms with Crippen LogP contribution in [0.3, 0.4) is 0 Å². The normalized spacial score (nSPS) is 32.1. The van der Waals surface area contributed by atoms with Crippen molar-refractivity contribution in [2.45, 2.75) is 18.4 Å². The summed E-state index contributed by atoms with van der Waals surface area (Å²) in [6.07, 6.45) is -0.406. The second-order valence-electron chi connectivity index (χ2n) is 3.96. The van der Waals surface area contributed by atoms with Crippen molar-refractivity contribution in [2.24, 2.45) is 0 Å². The van der Waals surface area contributed by atoms with Crippen LogP contribution in [0.25, 0.3) is 0 Å². The number of hydrogen-bond acceptors (Lipinski definition) is 2. The lowest BCUT2D eigenvalue weighted by molar-refractivity contribution is 0.113. The fraction of sp³-hybridized carbons (Fsp3) is 0.455. The minimum absolute atomic E-state index is 0.260. The fourth-order valence-electron chi connectivity index (χ4n) is 1.78. The molecule has 0 amide bonds. The van der Waals surface area contributed by atoms with Crippen molar-refractivity contribution in [2.75, 3.05) is 13.2 Å². The highest BCUT2D eigenvalue weighted by Gasteiger charge is 2.40. The molecule has 1 unspecified atom stereocenters. The first-order valence-electron chi connectivity index (χ1n) is 4.65. The van der Waals surface area contributed by atoms with Crippen LogP contribution in [0, 0.1) is 0 Å². The number of aliphatic hydroxyl groups excluding tert-OH is 1. The van der Waals surface area contributed by atoms with Gasteiger partial charge < -0.3 is 9.84 Å². The van der Waals surface area contributed by atoms with Crippen molar-refractivity contribution in [3.05, 3.63) is 34.3 Å². The van der Waals surface area contributed by atoms with Gasteiger partial charge in [0, 0.05) is 9.89 Å². The van der Waals surface area contributed by atoms with E-state index in [2.05, 4.69) is 15.9 Å². The zero-order chi connectivity index (χ0) is 10.2. The van der Waals surface area contributed by atoms with Gasteiger partial charge >= 0.3 is 0 Å². The highest BCUT2D eigenvalue weighted by molar-refractivity contribution is 9.10. The molecule has 1 fully saturated rings. The van der Waals surface area contributed by atoms with Gasteiger partial charge in [-0.05, 0) is 17.7 Å². The Morgan fingerprint density at radius 3 is 2.93 bits per heavy atom. The number of halogens is 1. The molecule has 0 aliphatic carbocycles. The molecule has 1 aliphatic heterocycles. The third kappa shape index (κ3) is 1.60. The maximum Gasteiger partial charge on any atom is 0.0889 e. The van der Waals surface area contributed by atoms with E-state index in [9.17, 15) is 5.11 Å². The topological polar surface area (TPSA) is 29.5 Å². The summed E-state index contributed by atoms with van der Waals surface area (Å²) in [5.74, 6) is 0. The van der Waals surface area contributed by atoms with Crippen LogP contribution in [0.1, 0.15) is 12.5 Å². The minimum Gasteiger partial charge on any atom is -0.390 e. The smallest absolute Gasteiger partial charge is 0.0889 e. The van der Waals surface area contributed by atoms with Crippen LogP contribution in [-0.4, -0.2) is 24.4 Å². The monoisotopic (exact) mass is 256 g/mol. The lowest BCUT2D eigenvalue weighted by Gasteiger charge is -2.26. The van der Waals surface area contributed by atoms with E-state index < -0.39 is 6.10 Å². The Morgan fingerprint density at radius 1 is 1.57 bits per heavy atom. The van der Waals surface area contributed by atoms with Gasteiger partial charge in [0.2, 0.25) is 0 Å².